The molecule has 1 unspecified atom stereocenters. The molecule has 7 heteroatoms. The number of hydrogen-bond acceptors (Lipinski definition) is 4. The molecule has 0 saturated heterocycles. The van der Waals surface area contributed by atoms with E-state index in [1.54, 1.807) is 18.2 Å². The highest BCUT2D eigenvalue weighted by molar-refractivity contribution is 7.89. The molecule has 1 atom stereocenters. The van der Waals surface area contributed by atoms with Gasteiger partial charge in [-0.1, -0.05) is 60.7 Å². The van der Waals surface area contributed by atoms with Gasteiger partial charge in [0.15, 0.2) is 0 Å². The van der Waals surface area contributed by atoms with Crippen molar-refractivity contribution in [3.8, 4) is 6.07 Å². The predicted octanol–water partition coefficient (Wildman–Crippen LogP) is 2.37. The summed E-state index contributed by atoms with van der Waals surface area (Å²) in [5.41, 5.74) is 0.812. The highest BCUT2D eigenvalue weighted by atomic mass is 32.2. The number of rotatable bonds is 7. The Labute approximate surface area is 163 Å². The standard InChI is InChI=1S/C21H19N3O3S/c22-12-13-23-21(25)20(24-28(26,27)19-8-2-1-3-9-19)15-16-10-11-17-6-4-5-7-18(17)14-16/h1-11,14,20,24H,13,15H2,(H,23,25). The van der Waals surface area contributed by atoms with Crippen LogP contribution in [-0.4, -0.2) is 26.9 Å². The minimum absolute atomic E-state index is 0.0756. The first kappa shape index (κ1) is 19.5. The van der Waals surface area contributed by atoms with Crippen molar-refractivity contribution in [1.29, 1.82) is 5.26 Å². The second-order valence-corrected chi connectivity index (χ2v) is 7.96. The molecule has 0 saturated carbocycles. The summed E-state index contributed by atoms with van der Waals surface area (Å²) in [7, 11) is -3.89. The van der Waals surface area contributed by atoms with Crippen LogP contribution in [-0.2, 0) is 21.2 Å². The molecule has 6 nitrogen and oxygen atoms in total. The van der Waals surface area contributed by atoms with Crippen LogP contribution >= 0.6 is 0 Å². The van der Waals surface area contributed by atoms with Crippen LogP contribution in [0, 0.1) is 11.3 Å². The van der Waals surface area contributed by atoms with E-state index in [0.717, 1.165) is 16.3 Å². The van der Waals surface area contributed by atoms with Gasteiger partial charge in [0.1, 0.15) is 12.6 Å². The monoisotopic (exact) mass is 393 g/mol. The zero-order chi connectivity index (χ0) is 20.0. The fourth-order valence-electron chi connectivity index (χ4n) is 2.89. The number of nitriles is 1. The fourth-order valence-corrected chi connectivity index (χ4v) is 4.11. The van der Waals surface area contributed by atoms with Crippen LogP contribution in [0.15, 0.2) is 77.7 Å². The molecule has 3 rings (SSSR count). The largest absolute Gasteiger partial charge is 0.342 e. The van der Waals surface area contributed by atoms with Crippen molar-refractivity contribution in [3.05, 3.63) is 78.4 Å². The van der Waals surface area contributed by atoms with Crippen molar-refractivity contribution in [2.75, 3.05) is 6.54 Å². The third-order valence-corrected chi connectivity index (χ3v) is 5.75. The quantitative estimate of drug-likeness (QED) is 0.602. The summed E-state index contributed by atoms with van der Waals surface area (Å²) >= 11 is 0. The van der Waals surface area contributed by atoms with Gasteiger partial charge in [0.05, 0.1) is 11.0 Å². The summed E-state index contributed by atoms with van der Waals surface area (Å²) in [6.45, 7) is -0.194. The van der Waals surface area contributed by atoms with Crippen LogP contribution in [0.1, 0.15) is 5.56 Å². The zero-order valence-corrected chi connectivity index (χ0v) is 15.8. The van der Waals surface area contributed by atoms with Crippen molar-refractivity contribution in [2.45, 2.75) is 17.4 Å². The van der Waals surface area contributed by atoms with Crippen molar-refractivity contribution < 1.29 is 13.2 Å². The summed E-state index contributed by atoms with van der Waals surface area (Å²) < 4.78 is 27.8. The first-order valence-corrected chi connectivity index (χ1v) is 10.2. The van der Waals surface area contributed by atoms with Crippen LogP contribution in [0.5, 0.6) is 0 Å². The lowest BCUT2D eigenvalue weighted by Crippen LogP contribution is -2.48. The molecule has 0 aliphatic heterocycles. The molecule has 0 bridgehead atoms. The third kappa shape index (κ3) is 4.74. The summed E-state index contributed by atoms with van der Waals surface area (Å²) in [5.74, 6) is -0.547. The van der Waals surface area contributed by atoms with Crippen molar-refractivity contribution in [3.63, 3.8) is 0 Å². The maximum Gasteiger partial charge on any atom is 0.241 e. The van der Waals surface area contributed by atoms with Crippen molar-refractivity contribution in [2.24, 2.45) is 0 Å². The van der Waals surface area contributed by atoms with E-state index in [1.807, 2.05) is 48.5 Å². The number of fused-ring (bicyclic) bond motifs is 1. The molecular formula is C21H19N3O3S. The SMILES string of the molecule is N#CCNC(=O)C(Cc1ccc2ccccc2c1)NS(=O)(=O)c1ccccc1. The Bertz CT molecular complexity index is 1120. The number of hydrogen-bond donors (Lipinski definition) is 2. The topological polar surface area (TPSA) is 99.1 Å². The average molecular weight is 393 g/mol. The molecule has 0 spiro atoms. The lowest BCUT2D eigenvalue weighted by atomic mass is 10.0. The maximum atomic E-state index is 12.7. The molecule has 0 fully saturated rings. The molecule has 28 heavy (non-hydrogen) atoms. The van der Waals surface area contributed by atoms with Crippen LogP contribution < -0.4 is 10.0 Å². The number of carbonyl (C=O) groups is 1. The van der Waals surface area contributed by atoms with Gasteiger partial charge in [-0.2, -0.15) is 9.98 Å². The normalized spacial score (nSPS) is 12.2. The highest BCUT2D eigenvalue weighted by Crippen LogP contribution is 2.17. The fraction of sp³-hybridized carbons (Fsp3) is 0.143. The Balaban J connectivity index is 1.88. The molecule has 0 radical (unpaired) electrons. The molecule has 1 amide bonds. The molecular weight excluding hydrogens is 374 g/mol. The first-order valence-electron chi connectivity index (χ1n) is 8.69. The Kier molecular flexibility index (Phi) is 6.04. The molecule has 0 aliphatic carbocycles. The van der Waals surface area contributed by atoms with E-state index in [1.165, 1.54) is 12.1 Å². The number of amides is 1. The highest BCUT2D eigenvalue weighted by Gasteiger charge is 2.26. The maximum absolute atomic E-state index is 12.7. The summed E-state index contributed by atoms with van der Waals surface area (Å²) in [4.78, 5) is 12.6. The summed E-state index contributed by atoms with van der Waals surface area (Å²) in [6, 6.07) is 22.2. The molecule has 142 valence electrons. The Morgan fingerprint density at radius 2 is 1.64 bits per heavy atom. The van der Waals surface area contributed by atoms with Gasteiger partial charge in [0, 0.05) is 0 Å². The van der Waals surface area contributed by atoms with Gasteiger partial charge in [-0.25, -0.2) is 8.42 Å². The summed E-state index contributed by atoms with van der Waals surface area (Å²) in [5, 5.41) is 13.2. The zero-order valence-electron chi connectivity index (χ0n) is 15.0. The second kappa shape index (κ2) is 8.65. The molecule has 2 N–H and O–H groups in total. The van der Waals surface area contributed by atoms with E-state index in [9.17, 15) is 13.2 Å². The second-order valence-electron chi connectivity index (χ2n) is 6.25. The minimum Gasteiger partial charge on any atom is -0.342 e. The van der Waals surface area contributed by atoms with E-state index < -0.39 is 22.0 Å². The molecule has 3 aromatic carbocycles. The minimum atomic E-state index is -3.89. The first-order chi connectivity index (χ1) is 13.5. The van der Waals surface area contributed by atoms with Crippen LogP contribution in [0.3, 0.4) is 0 Å². The van der Waals surface area contributed by atoms with Crippen LogP contribution in [0.2, 0.25) is 0 Å². The lowest BCUT2D eigenvalue weighted by Gasteiger charge is -2.18. The van der Waals surface area contributed by atoms with Crippen LogP contribution in [0.25, 0.3) is 10.8 Å². The third-order valence-electron chi connectivity index (χ3n) is 4.26. The van der Waals surface area contributed by atoms with Gasteiger partial charge >= 0.3 is 0 Å². The smallest absolute Gasteiger partial charge is 0.241 e. The molecule has 0 aromatic heterocycles. The Morgan fingerprint density at radius 3 is 2.36 bits per heavy atom. The van der Waals surface area contributed by atoms with E-state index in [4.69, 9.17) is 5.26 Å². The Morgan fingerprint density at radius 1 is 0.964 bits per heavy atom. The van der Waals surface area contributed by atoms with Crippen LogP contribution in [0.4, 0.5) is 0 Å². The van der Waals surface area contributed by atoms with Gasteiger partial charge in [-0.3, -0.25) is 4.79 Å². The van der Waals surface area contributed by atoms with E-state index in [0.29, 0.717) is 0 Å². The van der Waals surface area contributed by atoms with E-state index in [-0.39, 0.29) is 17.9 Å². The van der Waals surface area contributed by atoms with Crippen molar-refractivity contribution in [1.82, 2.24) is 10.0 Å². The number of nitrogens with one attached hydrogen (secondary N) is 2. The number of benzene rings is 3. The number of carbonyl (C=O) groups excluding carboxylic acids is 1. The van der Waals surface area contributed by atoms with Crippen molar-refractivity contribution >= 4 is 26.7 Å². The van der Waals surface area contributed by atoms with Gasteiger partial charge in [-0.05, 0) is 34.9 Å². The Hall–Kier alpha value is -3.21. The van der Waals surface area contributed by atoms with E-state index in [2.05, 4.69) is 10.0 Å². The van der Waals surface area contributed by atoms with Gasteiger partial charge in [0.25, 0.3) is 0 Å². The average Bonchev–Trinajstić information content (AvgIpc) is 2.72. The number of nitrogens with zero attached hydrogens (tertiary/aromatic N) is 1. The predicted molar refractivity (Wildman–Crippen MR) is 107 cm³/mol. The number of sulfonamides is 1. The summed E-state index contributed by atoms with van der Waals surface area (Å²) in [6.07, 6.45) is 0.161. The van der Waals surface area contributed by atoms with Gasteiger partial charge < -0.3 is 5.32 Å². The molecule has 3 aromatic rings. The molecule has 0 aliphatic rings. The molecule has 0 heterocycles. The van der Waals surface area contributed by atoms with Gasteiger partial charge in [0.2, 0.25) is 15.9 Å². The lowest BCUT2D eigenvalue weighted by molar-refractivity contribution is -0.122. The van der Waals surface area contributed by atoms with E-state index >= 15 is 0 Å². The van der Waals surface area contributed by atoms with Gasteiger partial charge in [-0.15, -0.1) is 0 Å².